The van der Waals surface area contributed by atoms with E-state index in [0.717, 1.165) is 9.87 Å². The molecule has 0 radical (unpaired) electrons. The molecular weight excluding hydrogens is 404 g/mol. The van der Waals surface area contributed by atoms with Crippen molar-refractivity contribution in [3.8, 4) is 11.5 Å². The van der Waals surface area contributed by atoms with Crippen molar-refractivity contribution in [3.05, 3.63) is 53.6 Å². The van der Waals surface area contributed by atoms with Crippen LogP contribution in [0.25, 0.3) is 0 Å². The van der Waals surface area contributed by atoms with Crippen LogP contribution in [0.2, 0.25) is 0 Å². The predicted molar refractivity (Wildman–Crippen MR) is 116 cm³/mol. The van der Waals surface area contributed by atoms with Gasteiger partial charge in [-0.15, -0.1) is 0 Å². The van der Waals surface area contributed by atoms with Crippen molar-refractivity contribution >= 4 is 15.9 Å². The zero-order valence-corrected chi connectivity index (χ0v) is 19.0. The monoisotopic (exact) mass is 434 g/mol. The Morgan fingerprint density at radius 2 is 1.67 bits per heavy atom. The lowest BCUT2D eigenvalue weighted by Gasteiger charge is -2.18. The molecule has 1 N–H and O–H groups in total. The van der Waals surface area contributed by atoms with Crippen LogP contribution in [0.5, 0.6) is 11.5 Å². The largest absolute Gasteiger partial charge is 0.492 e. The van der Waals surface area contributed by atoms with Crippen molar-refractivity contribution in [2.24, 2.45) is 0 Å². The number of carbonyl (C=O) groups is 1. The molecule has 0 bridgehead atoms. The molecule has 0 aliphatic rings. The molecule has 0 unspecified atom stereocenters. The van der Waals surface area contributed by atoms with Crippen molar-refractivity contribution in [2.45, 2.75) is 38.2 Å². The maximum absolute atomic E-state index is 12.4. The highest BCUT2D eigenvalue weighted by molar-refractivity contribution is 7.89. The number of benzene rings is 2. The standard InChI is InChI=1S/C22H30N2O5S/c1-6-21(29-19-8-7-16(2)17(3)15-19)22(25)23-13-14-28-18-9-11-20(12-10-18)30(26,27)24(4)5/h7-12,15,21H,6,13-14H2,1-5H3,(H,23,25)/t21-/m1/s1. The summed E-state index contributed by atoms with van der Waals surface area (Å²) in [5.74, 6) is 0.997. The van der Waals surface area contributed by atoms with Gasteiger partial charge in [0.1, 0.15) is 18.1 Å². The summed E-state index contributed by atoms with van der Waals surface area (Å²) in [6.45, 7) is 6.49. The predicted octanol–water partition coefficient (Wildman–Crippen LogP) is 2.91. The summed E-state index contributed by atoms with van der Waals surface area (Å²) < 4.78 is 36.7. The fourth-order valence-corrected chi connectivity index (χ4v) is 3.55. The van der Waals surface area contributed by atoms with E-state index in [9.17, 15) is 13.2 Å². The summed E-state index contributed by atoms with van der Waals surface area (Å²) in [6.07, 6.45) is -0.0378. The third kappa shape index (κ3) is 6.21. The van der Waals surface area contributed by atoms with Gasteiger partial charge in [0, 0.05) is 14.1 Å². The van der Waals surface area contributed by atoms with Crippen molar-refractivity contribution in [3.63, 3.8) is 0 Å². The highest BCUT2D eigenvalue weighted by Crippen LogP contribution is 2.19. The van der Waals surface area contributed by atoms with Gasteiger partial charge < -0.3 is 14.8 Å². The van der Waals surface area contributed by atoms with Gasteiger partial charge in [-0.05, 0) is 67.8 Å². The number of hydrogen-bond acceptors (Lipinski definition) is 5. The van der Waals surface area contributed by atoms with Gasteiger partial charge in [0.05, 0.1) is 11.4 Å². The van der Waals surface area contributed by atoms with E-state index in [-0.39, 0.29) is 17.4 Å². The Balaban J connectivity index is 1.82. The Morgan fingerprint density at radius 1 is 1.03 bits per heavy atom. The number of nitrogens with one attached hydrogen (secondary N) is 1. The smallest absolute Gasteiger partial charge is 0.261 e. The lowest BCUT2D eigenvalue weighted by Crippen LogP contribution is -2.39. The Kier molecular flexibility index (Phi) is 8.25. The molecule has 0 heterocycles. The van der Waals surface area contributed by atoms with Crippen LogP contribution in [-0.4, -0.2) is 52.0 Å². The van der Waals surface area contributed by atoms with E-state index in [2.05, 4.69) is 5.32 Å². The first-order valence-corrected chi connectivity index (χ1v) is 11.3. The van der Waals surface area contributed by atoms with Crippen LogP contribution in [0.4, 0.5) is 0 Å². The number of carbonyl (C=O) groups excluding carboxylic acids is 1. The Bertz CT molecular complexity index is 956. The third-order valence-electron chi connectivity index (χ3n) is 4.69. The minimum absolute atomic E-state index is 0.197. The topological polar surface area (TPSA) is 84.9 Å². The lowest BCUT2D eigenvalue weighted by molar-refractivity contribution is -0.128. The minimum Gasteiger partial charge on any atom is -0.492 e. The second kappa shape index (κ2) is 10.4. The van der Waals surface area contributed by atoms with Crippen LogP contribution < -0.4 is 14.8 Å². The molecule has 0 aromatic heterocycles. The number of sulfonamides is 1. The maximum atomic E-state index is 12.4. The highest BCUT2D eigenvalue weighted by atomic mass is 32.2. The van der Waals surface area contributed by atoms with E-state index >= 15 is 0 Å². The normalized spacial score (nSPS) is 12.5. The molecule has 164 valence electrons. The lowest BCUT2D eigenvalue weighted by atomic mass is 10.1. The summed E-state index contributed by atoms with van der Waals surface area (Å²) in [7, 11) is -0.503. The first-order chi connectivity index (χ1) is 14.1. The molecule has 2 rings (SSSR count). The molecule has 0 aliphatic heterocycles. The number of aryl methyl sites for hydroxylation is 2. The van der Waals surface area contributed by atoms with Crippen molar-refractivity contribution in [1.29, 1.82) is 0 Å². The SMILES string of the molecule is CC[C@@H](Oc1ccc(C)c(C)c1)C(=O)NCCOc1ccc(S(=O)(=O)N(C)C)cc1. The average Bonchev–Trinajstić information content (AvgIpc) is 2.72. The summed E-state index contributed by atoms with van der Waals surface area (Å²) in [6, 6.07) is 11.9. The molecule has 2 aromatic rings. The van der Waals surface area contributed by atoms with Gasteiger partial charge >= 0.3 is 0 Å². The van der Waals surface area contributed by atoms with Gasteiger partial charge in [-0.25, -0.2) is 12.7 Å². The number of hydrogen-bond donors (Lipinski definition) is 1. The van der Waals surface area contributed by atoms with Gasteiger partial charge in [-0.3, -0.25) is 4.79 Å². The zero-order valence-electron chi connectivity index (χ0n) is 18.1. The van der Waals surface area contributed by atoms with Crippen molar-refractivity contribution < 1.29 is 22.7 Å². The van der Waals surface area contributed by atoms with E-state index in [4.69, 9.17) is 9.47 Å². The van der Waals surface area contributed by atoms with E-state index < -0.39 is 16.1 Å². The van der Waals surface area contributed by atoms with Gasteiger partial charge in [0.2, 0.25) is 10.0 Å². The Labute approximate surface area is 179 Å². The summed E-state index contributed by atoms with van der Waals surface area (Å²) >= 11 is 0. The molecule has 0 saturated carbocycles. The first kappa shape index (κ1) is 23.7. The zero-order chi connectivity index (χ0) is 22.3. The van der Waals surface area contributed by atoms with Crippen LogP contribution in [0.15, 0.2) is 47.4 Å². The van der Waals surface area contributed by atoms with Gasteiger partial charge in [-0.1, -0.05) is 13.0 Å². The van der Waals surface area contributed by atoms with Crippen molar-refractivity contribution in [1.82, 2.24) is 9.62 Å². The van der Waals surface area contributed by atoms with Crippen molar-refractivity contribution in [2.75, 3.05) is 27.2 Å². The second-order valence-electron chi connectivity index (χ2n) is 7.16. The molecule has 8 heteroatoms. The second-order valence-corrected chi connectivity index (χ2v) is 9.31. The number of rotatable bonds is 10. The van der Waals surface area contributed by atoms with E-state index in [1.54, 1.807) is 12.1 Å². The van der Waals surface area contributed by atoms with E-state index in [0.29, 0.717) is 24.5 Å². The summed E-state index contributed by atoms with van der Waals surface area (Å²) in [5, 5.41) is 2.81. The third-order valence-corrected chi connectivity index (χ3v) is 6.52. The number of ether oxygens (including phenoxy) is 2. The number of amides is 1. The number of nitrogens with zero attached hydrogens (tertiary/aromatic N) is 1. The van der Waals surface area contributed by atoms with Crippen LogP contribution in [0, 0.1) is 13.8 Å². The molecule has 7 nitrogen and oxygen atoms in total. The summed E-state index contributed by atoms with van der Waals surface area (Å²) in [4.78, 5) is 12.6. The molecule has 30 heavy (non-hydrogen) atoms. The fourth-order valence-electron chi connectivity index (χ4n) is 2.65. The van der Waals surface area contributed by atoms with Gasteiger partial charge in [-0.2, -0.15) is 0 Å². The Morgan fingerprint density at radius 3 is 2.23 bits per heavy atom. The molecular formula is C22H30N2O5S. The van der Waals surface area contributed by atoms with Crippen LogP contribution in [0.3, 0.4) is 0 Å². The maximum Gasteiger partial charge on any atom is 0.261 e. The highest BCUT2D eigenvalue weighted by Gasteiger charge is 2.19. The molecule has 0 saturated heterocycles. The molecule has 0 fully saturated rings. The van der Waals surface area contributed by atoms with Crippen LogP contribution in [0.1, 0.15) is 24.5 Å². The Hall–Kier alpha value is -2.58. The van der Waals surface area contributed by atoms with Crippen LogP contribution in [-0.2, 0) is 14.8 Å². The minimum atomic E-state index is -3.47. The average molecular weight is 435 g/mol. The van der Waals surface area contributed by atoms with Gasteiger partial charge in [0.25, 0.3) is 5.91 Å². The summed E-state index contributed by atoms with van der Waals surface area (Å²) in [5.41, 5.74) is 2.28. The molecule has 0 spiro atoms. The molecule has 0 aliphatic carbocycles. The molecule has 1 amide bonds. The fraction of sp³-hybridized carbons (Fsp3) is 0.409. The van der Waals surface area contributed by atoms with Crippen LogP contribution >= 0.6 is 0 Å². The van der Waals surface area contributed by atoms with E-state index in [1.807, 2.05) is 39.0 Å². The van der Waals surface area contributed by atoms with E-state index in [1.165, 1.54) is 31.8 Å². The quantitative estimate of drug-likeness (QED) is 0.581. The van der Waals surface area contributed by atoms with Gasteiger partial charge in [0.15, 0.2) is 6.10 Å². The molecule has 1 atom stereocenters. The first-order valence-electron chi connectivity index (χ1n) is 9.82. The molecule has 2 aromatic carbocycles.